The molecule has 3 rings (SSSR count). The van der Waals surface area contributed by atoms with Crippen LogP contribution in [0.2, 0.25) is 0 Å². The van der Waals surface area contributed by atoms with Crippen molar-refractivity contribution in [3.63, 3.8) is 0 Å². The lowest BCUT2D eigenvalue weighted by atomic mass is 10.1. The molecule has 1 aromatic carbocycles. The Morgan fingerprint density at radius 2 is 1.77 bits per heavy atom. The molecule has 2 heterocycles. The quantitative estimate of drug-likeness (QED) is 0.656. The third-order valence-electron chi connectivity index (χ3n) is 3.54. The zero-order chi connectivity index (χ0) is 14.8. The molecule has 0 spiro atoms. The summed E-state index contributed by atoms with van der Waals surface area (Å²) in [7, 11) is 0. The molecule has 0 aliphatic rings. The molecule has 5 heteroatoms. The molecule has 3 aromatic rings. The van der Waals surface area contributed by atoms with Gasteiger partial charge in [-0.2, -0.15) is 4.57 Å². The van der Waals surface area contributed by atoms with E-state index < -0.39 is 0 Å². The Kier molecular flexibility index (Phi) is 4.83. The number of halogens is 1. The van der Waals surface area contributed by atoms with E-state index in [0.717, 1.165) is 11.9 Å². The van der Waals surface area contributed by atoms with Crippen LogP contribution in [-0.2, 0) is 6.54 Å². The summed E-state index contributed by atoms with van der Waals surface area (Å²) in [6.45, 7) is 2.66. The number of fused-ring (bicyclic) bond motifs is 1. The van der Waals surface area contributed by atoms with Gasteiger partial charge in [0.15, 0.2) is 12.4 Å². The summed E-state index contributed by atoms with van der Waals surface area (Å²) in [4.78, 5) is 12.8. The smallest absolute Gasteiger partial charge is 0.327 e. The predicted octanol–water partition coefficient (Wildman–Crippen LogP) is -0.602. The lowest BCUT2D eigenvalue weighted by Crippen LogP contribution is -3.00. The maximum absolute atomic E-state index is 12.8. The molecule has 1 N–H and O–H groups in total. The Balaban J connectivity index is 0.00000176. The molecule has 0 saturated heterocycles. The van der Waals surface area contributed by atoms with Gasteiger partial charge in [0.1, 0.15) is 0 Å². The van der Waals surface area contributed by atoms with Crippen molar-refractivity contribution in [3.05, 3.63) is 65.2 Å². The summed E-state index contributed by atoms with van der Waals surface area (Å²) >= 11 is 0. The molecule has 0 radical (unpaired) electrons. The number of para-hydroxylation sites is 1. The number of rotatable bonds is 3. The second-order valence-corrected chi connectivity index (χ2v) is 4.95. The monoisotopic (exact) mass is 316 g/mol. The highest BCUT2D eigenvalue weighted by Gasteiger charge is 2.23. The summed E-state index contributed by atoms with van der Waals surface area (Å²) in [6, 6.07) is 13.0. The van der Waals surface area contributed by atoms with Gasteiger partial charge in [-0.05, 0) is 18.6 Å². The average Bonchev–Trinajstić information content (AvgIpc) is 2.53. The molecular formula is C17H17ClN2O2. The van der Waals surface area contributed by atoms with E-state index >= 15 is 0 Å². The SMILES string of the molecule is CCCn1c(=O)c(-[n+]2ccccc2)c(O)c2ccccc21.[Cl-]. The molecule has 2 aromatic heterocycles. The molecule has 114 valence electrons. The standard InChI is InChI=1S/C17H16N2O2.ClH/c1-2-10-19-14-9-5-4-8-13(14)16(20)15(17(19)21)18-11-6-3-7-12-18;/h3-9,11-12H,2,10H2,1H3;1H. The summed E-state index contributed by atoms with van der Waals surface area (Å²) in [5.74, 6) is 0.0270. The van der Waals surface area contributed by atoms with Crippen molar-refractivity contribution >= 4 is 10.9 Å². The molecule has 0 aliphatic heterocycles. The topological polar surface area (TPSA) is 46.1 Å². The van der Waals surface area contributed by atoms with Crippen LogP contribution in [0.1, 0.15) is 13.3 Å². The van der Waals surface area contributed by atoms with Crippen LogP contribution in [0.25, 0.3) is 16.6 Å². The summed E-state index contributed by atoms with van der Waals surface area (Å²) in [6.07, 6.45) is 4.39. The first-order valence-corrected chi connectivity index (χ1v) is 7.05. The van der Waals surface area contributed by atoms with Crippen molar-refractivity contribution in [2.45, 2.75) is 19.9 Å². The third-order valence-corrected chi connectivity index (χ3v) is 3.54. The number of pyridine rings is 2. The molecular weight excluding hydrogens is 300 g/mol. The van der Waals surface area contributed by atoms with Crippen molar-refractivity contribution in [1.29, 1.82) is 0 Å². The number of hydrogen-bond acceptors (Lipinski definition) is 2. The number of aromatic nitrogens is 2. The second kappa shape index (κ2) is 6.62. The van der Waals surface area contributed by atoms with Gasteiger partial charge in [0.05, 0.1) is 5.52 Å². The van der Waals surface area contributed by atoms with E-state index in [9.17, 15) is 9.90 Å². The van der Waals surface area contributed by atoms with Gasteiger partial charge in [-0.25, -0.2) is 0 Å². The van der Waals surface area contributed by atoms with Crippen molar-refractivity contribution in [3.8, 4) is 11.4 Å². The summed E-state index contributed by atoms with van der Waals surface area (Å²) < 4.78 is 3.39. The van der Waals surface area contributed by atoms with E-state index in [-0.39, 0.29) is 23.7 Å². The Morgan fingerprint density at radius 3 is 2.45 bits per heavy atom. The minimum atomic E-state index is -0.177. The maximum atomic E-state index is 12.8. The van der Waals surface area contributed by atoms with E-state index in [1.807, 2.05) is 49.4 Å². The van der Waals surface area contributed by atoms with Crippen LogP contribution in [0.15, 0.2) is 59.7 Å². The number of nitrogens with zero attached hydrogens (tertiary/aromatic N) is 2. The highest BCUT2D eigenvalue weighted by atomic mass is 35.5. The Labute approximate surface area is 134 Å². The third kappa shape index (κ3) is 2.57. The van der Waals surface area contributed by atoms with Gasteiger partial charge < -0.3 is 22.1 Å². The van der Waals surface area contributed by atoms with Crippen molar-refractivity contribution in [2.24, 2.45) is 0 Å². The van der Waals surface area contributed by atoms with Gasteiger partial charge in [-0.15, -0.1) is 0 Å². The van der Waals surface area contributed by atoms with Crippen LogP contribution >= 0.6 is 0 Å². The van der Waals surface area contributed by atoms with Crippen LogP contribution in [0.4, 0.5) is 0 Å². The van der Waals surface area contributed by atoms with Gasteiger partial charge >= 0.3 is 11.2 Å². The highest BCUT2D eigenvalue weighted by Crippen LogP contribution is 2.26. The minimum absolute atomic E-state index is 0. The van der Waals surface area contributed by atoms with Crippen LogP contribution in [0.3, 0.4) is 0 Å². The number of hydrogen-bond donors (Lipinski definition) is 1. The van der Waals surface area contributed by atoms with Crippen LogP contribution in [0.5, 0.6) is 5.75 Å². The normalized spacial score (nSPS) is 10.4. The zero-order valence-corrected chi connectivity index (χ0v) is 13.0. The fraction of sp³-hybridized carbons (Fsp3) is 0.176. The number of benzene rings is 1. The Hall–Kier alpha value is -2.33. The van der Waals surface area contributed by atoms with Gasteiger partial charge in [-0.1, -0.05) is 25.1 Å². The Morgan fingerprint density at radius 1 is 1.09 bits per heavy atom. The number of aryl methyl sites for hydroxylation is 1. The number of aromatic hydroxyl groups is 1. The fourth-order valence-electron chi connectivity index (χ4n) is 2.60. The second-order valence-electron chi connectivity index (χ2n) is 4.95. The van der Waals surface area contributed by atoms with Crippen molar-refractivity contribution in [2.75, 3.05) is 0 Å². The lowest BCUT2D eigenvalue weighted by Gasteiger charge is -2.11. The molecule has 0 aliphatic carbocycles. The van der Waals surface area contributed by atoms with Gasteiger partial charge in [0, 0.05) is 24.1 Å². The molecule has 22 heavy (non-hydrogen) atoms. The molecule has 4 nitrogen and oxygen atoms in total. The average molecular weight is 317 g/mol. The van der Waals surface area contributed by atoms with Gasteiger partial charge in [0.2, 0.25) is 5.75 Å². The first-order valence-electron chi connectivity index (χ1n) is 7.05. The minimum Gasteiger partial charge on any atom is -1.00 e. The first kappa shape index (κ1) is 16.0. The largest absolute Gasteiger partial charge is 1.00 e. The Bertz CT molecular complexity index is 844. The first-order chi connectivity index (χ1) is 10.2. The maximum Gasteiger partial charge on any atom is 0.327 e. The summed E-state index contributed by atoms with van der Waals surface area (Å²) in [5.41, 5.74) is 0.883. The molecule has 0 fully saturated rings. The van der Waals surface area contributed by atoms with E-state index in [2.05, 4.69) is 0 Å². The predicted molar refractivity (Wildman–Crippen MR) is 81.7 cm³/mol. The van der Waals surface area contributed by atoms with E-state index in [4.69, 9.17) is 0 Å². The van der Waals surface area contributed by atoms with E-state index in [1.54, 1.807) is 21.5 Å². The van der Waals surface area contributed by atoms with E-state index in [1.165, 1.54) is 0 Å². The van der Waals surface area contributed by atoms with Gasteiger partial charge in [-0.3, -0.25) is 4.79 Å². The van der Waals surface area contributed by atoms with Crippen LogP contribution in [-0.4, -0.2) is 9.67 Å². The van der Waals surface area contributed by atoms with Gasteiger partial charge in [0.25, 0.3) is 0 Å². The molecule has 0 amide bonds. The van der Waals surface area contributed by atoms with Crippen LogP contribution in [0, 0.1) is 0 Å². The lowest BCUT2D eigenvalue weighted by molar-refractivity contribution is -0.597. The zero-order valence-electron chi connectivity index (χ0n) is 12.2. The van der Waals surface area contributed by atoms with E-state index in [0.29, 0.717) is 17.6 Å². The highest BCUT2D eigenvalue weighted by molar-refractivity contribution is 5.87. The fourth-order valence-corrected chi connectivity index (χ4v) is 2.60. The molecule has 0 unspecified atom stereocenters. The molecule has 0 bridgehead atoms. The van der Waals surface area contributed by atoms with Crippen LogP contribution < -0.4 is 22.5 Å². The van der Waals surface area contributed by atoms with Crippen molar-refractivity contribution < 1.29 is 22.1 Å². The molecule has 0 atom stereocenters. The molecule has 0 saturated carbocycles. The van der Waals surface area contributed by atoms with Crippen molar-refractivity contribution in [1.82, 2.24) is 4.57 Å². The summed E-state index contributed by atoms with van der Waals surface area (Å²) in [5, 5.41) is 11.2.